The molecular formula is C9H8F2O. The molecule has 0 N–H and O–H groups in total. The van der Waals surface area contributed by atoms with Gasteiger partial charge in [0.05, 0.1) is 7.11 Å². The van der Waals surface area contributed by atoms with Crippen molar-refractivity contribution >= 4 is 6.08 Å². The summed E-state index contributed by atoms with van der Waals surface area (Å²) in [5.74, 6) is -1.23. The van der Waals surface area contributed by atoms with Crippen LogP contribution in [0.5, 0.6) is 5.75 Å². The Bertz CT molecular complexity index is 308. The van der Waals surface area contributed by atoms with E-state index in [0.29, 0.717) is 0 Å². The standard InChI is InChI=1S/C9H8F2O/c1-3-6-4-8(11)9(12-2)5-7(6)10/h3-5H,1H2,2H3. The topological polar surface area (TPSA) is 9.23 Å². The van der Waals surface area contributed by atoms with E-state index in [-0.39, 0.29) is 11.3 Å². The number of hydrogen-bond donors (Lipinski definition) is 0. The van der Waals surface area contributed by atoms with Gasteiger partial charge in [-0.05, 0) is 6.07 Å². The maximum absolute atomic E-state index is 12.9. The van der Waals surface area contributed by atoms with Crippen LogP contribution in [0.15, 0.2) is 18.7 Å². The average molecular weight is 170 g/mol. The van der Waals surface area contributed by atoms with Crippen molar-refractivity contribution in [2.45, 2.75) is 0 Å². The molecule has 1 rings (SSSR count). The summed E-state index contributed by atoms with van der Waals surface area (Å²) in [7, 11) is 1.28. The summed E-state index contributed by atoms with van der Waals surface area (Å²) in [5.41, 5.74) is 0.133. The second-order valence-electron chi connectivity index (χ2n) is 2.21. The smallest absolute Gasteiger partial charge is 0.165 e. The summed E-state index contributed by atoms with van der Waals surface area (Å²) in [4.78, 5) is 0. The lowest BCUT2D eigenvalue weighted by molar-refractivity contribution is 0.382. The second kappa shape index (κ2) is 3.34. The summed E-state index contributed by atoms with van der Waals surface area (Å²) in [5, 5.41) is 0. The van der Waals surface area contributed by atoms with Gasteiger partial charge in [-0.2, -0.15) is 0 Å². The number of rotatable bonds is 2. The highest BCUT2D eigenvalue weighted by atomic mass is 19.1. The minimum atomic E-state index is -0.589. The van der Waals surface area contributed by atoms with Gasteiger partial charge in [0.25, 0.3) is 0 Å². The van der Waals surface area contributed by atoms with E-state index in [1.807, 2.05) is 0 Å². The molecule has 0 unspecified atom stereocenters. The molecule has 1 aromatic carbocycles. The first kappa shape index (κ1) is 8.71. The molecule has 0 fully saturated rings. The van der Waals surface area contributed by atoms with Gasteiger partial charge in [0.2, 0.25) is 0 Å². The van der Waals surface area contributed by atoms with Crippen molar-refractivity contribution in [2.24, 2.45) is 0 Å². The molecule has 0 saturated heterocycles. The van der Waals surface area contributed by atoms with Crippen molar-refractivity contribution in [1.29, 1.82) is 0 Å². The van der Waals surface area contributed by atoms with Crippen LogP contribution in [0.25, 0.3) is 6.08 Å². The van der Waals surface area contributed by atoms with Gasteiger partial charge in [-0.3, -0.25) is 0 Å². The summed E-state index contributed by atoms with van der Waals surface area (Å²) >= 11 is 0. The first-order valence-electron chi connectivity index (χ1n) is 3.34. The minimum Gasteiger partial charge on any atom is -0.494 e. The highest BCUT2D eigenvalue weighted by Gasteiger charge is 2.07. The van der Waals surface area contributed by atoms with Crippen molar-refractivity contribution in [3.8, 4) is 5.75 Å². The molecule has 12 heavy (non-hydrogen) atoms. The van der Waals surface area contributed by atoms with E-state index < -0.39 is 11.6 Å². The van der Waals surface area contributed by atoms with Crippen LogP contribution in [-0.2, 0) is 0 Å². The Hall–Kier alpha value is -1.38. The Labute approximate surface area is 69.3 Å². The average Bonchev–Trinajstić information content (AvgIpc) is 2.08. The fourth-order valence-corrected chi connectivity index (χ4v) is 0.857. The predicted molar refractivity (Wildman–Crippen MR) is 43.0 cm³/mol. The molecule has 1 aromatic rings. The predicted octanol–water partition coefficient (Wildman–Crippen LogP) is 2.62. The third-order valence-electron chi connectivity index (χ3n) is 1.49. The van der Waals surface area contributed by atoms with Gasteiger partial charge < -0.3 is 4.74 Å². The quantitative estimate of drug-likeness (QED) is 0.662. The van der Waals surface area contributed by atoms with Crippen LogP contribution in [0.1, 0.15) is 5.56 Å². The van der Waals surface area contributed by atoms with E-state index in [2.05, 4.69) is 11.3 Å². The van der Waals surface area contributed by atoms with Crippen molar-refractivity contribution in [3.63, 3.8) is 0 Å². The maximum atomic E-state index is 12.9. The Morgan fingerprint density at radius 3 is 2.50 bits per heavy atom. The maximum Gasteiger partial charge on any atom is 0.165 e. The van der Waals surface area contributed by atoms with Crippen molar-refractivity contribution in [1.82, 2.24) is 0 Å². The molecule has 0 aliphatic heterocycles. The summed E-state index contributed by atoms with van der Waals surface area (Å²) in [6.45, 7) is 3.34. The van der Waals surface area contributed by atoms with Gasteiger partial charge in [0.15, 0.2) is 11.6 Å². The molecule has 1 nitrogen and oxygen atoms in total. The fraction of sp³-hybridized carbons (Fsp3) is 0.111. The normalized spacial score (nSPS) is 9.58. The first-order chi connectivity index (χ1) is 5.69. The lowest BCUT2D eigenvalue weighted by atomic mass is 10.2. The SMILES string of the molecule is C=Cc1cc(F)c(OC)cc1F. The lowest BCUT2D eigenvalue weighted by Gasteiger charge is -2.03. The van der Waals surface area contributed by atoms with Gasteiger partial charge >= 0.3 is 0 Å². The Kier molecular flexibility index (Phi) is 2.43. The Morgan fingerprint density at radius 2 is 2.00 bits per heavy atom. The molecule has 3 heteroatoms. The molecule has 0 atom stereocenters. The zero-order valence-corrected chi connectivity index (χ0v) is 6.60. The summed E-state index contributed by atoms with van der Waals surface area (Å²) in [6, 6.07) is 2.04. The van der Waals surface area contributed by atoms with Gasteiger partial charge in [-0.1, -0.05) is 12.7 Å². The van der Waals surface area contributed by atoms with Crippen LogP contribution >= 0.6 is 0 Å². The Morgan fingerprint density at radius 1 is 1.33 bits per heavy atom. The van der Waals surface area contributed by atoms with Crippen molar-refractivity contribution in [2.75, 3.05) is 7.11 Å². The zero-order chi connectivity index (χ0) is 9.14. The van der Waals surface area contributed by atoms with Crippen LogP contribution in [0.4, 0.5) is 8.78 Å². The largest absolute Gasteiger partial charge is 0.494 e. The molecule has 0 aromatic heterocycles. The van der Waals surface area contributed by atoms with E-state index >= 15 is 0 Å². The van der Waals surface area contributed by atoms with E-state index in [1.165, 1.54) is 13.2 Å². The molecule has 0 spiro atoms. The first-order valence-corrected chi connectivity index (χ1v) is 3.34. The number of benzene rings is 1. The van der Waals surface area contributed by atoms with Gasteiger partial charge in [0, 0.05) is 11.6 Å². The molecule has 0 heterocycles. The second-order valence-corrected chi connectivity index (χ2v) is 2.21. The Balaban J connectivity index is 3.25. The van der Waals surface area contributed by atoms with Gasteiger partial charge in [-0.25, -0.2) is 8.78 Å². The monoisotopic (exact) mass is 170 g/mol. The van der Waals surface area contributed by atoms with E-state index in [9.17, 15) is 8.78 Å². The van der Waals surface area contributed by atoms with Crippen LogP contribution in [0, 0.1) is 11.6 Å². The van der Waals surface area contributed by atoms with E-state index in [4.69, 9.17) is 0 Å². The van der Waals surface area contributed by atoms with Gasteiger partial charge in [0.1, 0.15) is 5.82 Å². The van der Waals surface area contributed by atoms with E-state index in [1.54, 1.807) is 0 Å². The van der Waals surface area contributed by atoms with Crippen LogP contribution in [-0.4, -0.2) is 7.11 Å². The van der Waals surface area contributed by atoms with Crippen LogP contribution < -0.4 is 4.74 Å². The molecule has 64 valence electrons. The van der Waals surface area contributed by atoms with Crippen molar-refractivity contribution < 1.29 is 13.5 Å². The lowest BCUT2D eigenvalue weighted by Crippen LogP contribution is -1.91. The van der Waals surface area contributed by atoms with E-state index in [0.717, 1.165) is 12.1 Å². The molecule has 0 radical (unpaired) electrons. The molecule has 0 aliphatic rings. The number of ether oxygens (including phenoxy) is 1. The summed E-state index contributed by atoms with van der Waals surface area (Å²) < 4.78 is 30.4. The molecular weight excluding hydrogens is 162 g/mol. The number of hydrogen-bond acceptors (Lipinski definition) is 1. The highest BCUT2D eigenvalue weighted by molar-refractivity contribution is 5.49. The molecule has 0 saturated carbocycles. The highest BCUT2D eigenvalue weighted by Crippen LogP contribution is 2.21. The van der Waals surface area contributed by atoms with Crippen molar-refractivity contribution in [3.05, 3.63) is 35.9 Å². The third-order valence-corrected chi connectivity index (χ3v) is 1.49. The molecule has 0 bridgehead atoms. The summed E-state index contributed by atoms with van der Waals surface area (Å²) in [6.07, 6.45) is 1.25. The van der Waals surface area contributed by atoms with Crippen LogP contribution in [0.2, 0.25) is 0 Å². The minimum absolute atomic E-state index is 0.0990. The zero-order valence-electron chi connectivity index (χ0n) is 6.60. The van der Waals surface area contributed by atoms with Gasteiger partial charge in [-0.15, -0.1) is 0 Å². The number of methoxy groups -OCH3 is 1. The molecule has 0 amide bonds. The fourth-order valence-electron chi connectivity index (χ4n) is 0.857. The molecule has 0 aliphatic carbocycles. The third kappa shape index (κ3) is 1.44. The number of halogens is 2. The van der Waals surface area contributed by atoms with Crippen LogP contribution in [0.3, 0.4) is 0 Å².